The molecule has 1 amide bonds. The summed E-state index contributed by atoms with van der Waals surface area (Å²) in [4.78, 5) is 17.3. The van der Waals surface area contributed by atoms with E-state index in [0.717, 1.165) is 28.9 Å². The van der Waals surface area contributed by atoms with E-state index in [1.807, 2.05) is 22.8 Å². The van der Waals surface area contributed by atoms with Gasteiger partial charge >= 0.3 is 0 Å². The molecule has 0 spiro atoms. The fourth-order valence-electron chi connectivity index (χ4n) is 2.52. The summed E-state index contributed by atoms with van der Waals surface area (Å²) in [7, 11) is 1.63. The molecule has 0 N–H and O–H groups in total. The first-order chi connectivity index (χ1) is 11.6. The lowest BCUT2D eigenvalue weighted by atomic mass is 10.2. The minimum atomic E-state index is -0.384. The van der Waals surface area contributed by atoms with E-state index in [0.29, 0.717) is 10.4 Å². The van der Waals surface area contributed by atoms with E-state index in [2.05, 4.69) is 11.9 Å². The number of nitrogens with zero attached hydrogens (tertiary/aromatic N) is 2. The van der Waals surface area contributed by atoms with Crippen molar-refractivity contribution in [2.24, 2.45) is 4.99 Å². The molecule has 0 bridgehead atoms. The van der Waals surface area contributed by atoms with E-state index in [1.165, 1.54) is 35.6 Å². The zero-order valence-electron chi connectivity index (χ0n) is 13.5. The molecule has 0 saturated carbocycles. The van der Waals surface area contributed by atoms with Crippen molar-refractivity contribution in [3.05, 3.63) is 58.6 Å². The molecule has 0 fully saturated rings. The van der Waals surface area contributed by atoms with Crippen molar-refractivity contribution in [2.75, 3.05) is 7.11 Å². The van der Waals surface area contributed by atoms with E-state index < -0.39 is 0 Å². The Balaban J connectivity index is 2.16. The Labute approximate surface area is 142 Å². The molecule has 0 aliphatic carbocycles. The van der Waals surface area contributed by atoms with Crippen LogP contribution in [0.1, 0.15) is 23.7 Å². The molecule has 1 aromatic heterocycles. The van der Waals surface area contributed by atoms with E-state index in [4.69, 9.17) is 4.74 Å². The average Bonchev–Trinajstić information content (AvgIpc) is 2.93. The van der Waals surface area contributed by atoms with Crippen LogP contribution in [0.15, 0.2) is 47.5 Å². The lowest BCUT2D eigenvalue weighted by Crippen LogP contribution is -2.17. The van der Waals surface area contributed by atoms with Crippen LogP contribution in [0.2, 0.25) is 0 Å². The van der Waals surface area contributed by atoms with Crippen LogP contribution in [0.3, 0.4) is 0 Å². The van der Waals surface area contributed by atoms with Crippen molar-refractivity contribution in [1.82, 2.24) is 4.57 Å². The Kier molecular flexibility index (Phi) is 4.76. The van der Waals surface area contributed by atoms with E-state index in [1.54, 1.807) is 7.11 Å². The number of aromatic nitrogens is 1. The van der Waals surface area contributed by atoms with E-state index >= 15 is 0 Å². The molecule has 3 rings (SSSR count). The Hall–Kier alpha value is -2.47. The van der Waals surface area contributed by atoms with Gasteiger partial charge in [0.2, 0.25) is 0 Å². The quantitative estimate of drug-likeness (QED) is 0.718. The van der Waals surface area contributed by atoms with Gasteiger partial charge < -0.3 is 9.30 Å². The maximum absolute atomic E-state index is 13.0. The number of hydrogen-bond donors (Lipinski definition) is 0. The van der Waals surface area contributed by atoms with Crippen LogP contribution < -0.4 is 9.54 Å². The average molecular weight is 344 g/mol. The van der Waals surface area contributed by atoms with Crippen LogP contribution in [-0.2, 0) is 6.54 Å². The van der Waals surface area contributed by atoms with Crippen LogP contribution in [-0.4, -0.2) is 17.6 Å². The number of amides is 1. The van der Waals surface area contributed by atoms with Crippen LogP contribution in [0.5, 0.6) is 5.75 Å². The Bertz CT molecular complexity index is 942. The first kappa shape index (κ1) is 16.4. The lowest BCUT2D eigenvalue weighted by molar-refractivity contribution is 0.0997. The number of methoxy groups -OCH3 is 1. The molecule has 0 radical (unpaired) electrons. The molecule has 2 aromatic carbocycles. The van der Waals surface area contributed by atoms with Gasteiger partial charge in [-0.05, 0) is 42.8 Å². The zero-order valence-corrected chi connectivity index (χ0v) is 14.3. The normalized spacial score (nSPS) is 11.9. The van der Waals surface area contributed by atoms with Gasteiger partial charge in [-0.3, -0.25) is 4.79 Å². The van der Waals surface area contributed by atoms with E-state index in [9.17, 15) is 9.18 Å². The fourth-order valence-corrected chi connectivity index (χ4v) is 3.59. The Morgan fingerprint density at radius 2 is 2.00 bits per heavy atom. The van der Waals surface area contributed by atoms with Crippen LogP contribution in [0.25, 0.3) is 10.2 Å². The maximum atomic E-state index is 13.0. The second-order valence-corrected chi connectivity index (χ2v) is 6.28. The molecule has 3 aromatic rings. The number of ether oxygens (including phenoxy) is 1. The number of carbonyl (C=O) groups is 1. The van der Waals surface area contributed by atoms with Crippen LogP contribution in [0, 0.1) is 5.82 Å². The van der Waals surface area contributed by atoms with Crippen molar-refractivity contribution in [1.29, 1.82) is 0 Å². The summed E-state index contributed by atoms with van der Waals surface area (Å²) in [6.07, 6.45) is 0.905. The third-order valence-corrected chi connectivity index (χ3v) is 4.66. The highest BCUT2D eigenvalue weighted by molar-refractivity contribution is 7.16. The SMILES string of the molecule is CCCn1c(=NC(=O)c2ccc(F)cc2)sc2cccc(OC)c21. The number of rotatable bonds is 4. The molecule has 124 valence electrons. The summed E-state index contributed by atoms with van der Waals surface area (Å²) < 4.78 is 21.5. The molecule has 0 aliphatic heterocycles. The first-order valence-corrected chi connectivity index (χ1v) is 8.46. The largest absolute Gasteiger partial charge is 0.495 e. The fraction of sp³-hybridized carbons (Fsp3) is 0.222. The van der Waals surface area contributed by atoms with Gasteiger partial charge in [0, 0.05) is 12.1 Å². The standard InChI is InChI=1S/C18H17FN2O2S/c1-3-11-21-16-14(23-2)5-4-6-15(16)24-18(21)20-17(22)12-7-9-13(19)10-8-12/h4-10H,3,11H2,1-2H3. The van der Waals surface area contributed by atoms with Gasteiger partial charge in [0.15, 0.2) is 4.80 Å². The molecule has 6 heteroatoms. The number of carbonyl (C=O) groups excluding carboxylic acids is 1. The van der Waals surface area contributed by atoms with Crippen molar-refractivity contribution in [3.63, 3.8) is 0 Å². The molecule has 0 aliphatic rings. The molecule has 4 nitrogen and oxygen atoms in total. The summed E-state index contributed by atoms with van der Waals surface area (Å²) in [5, 5.41) is 0. The van der Waals surface area contributed by atoms with Gasteiger partial charge in [-0.25, -0.2) is 4.39 Å². The highest BCUT2D eigenvalue weighted by Crippen LogP contribution is 2.27. The maximum Gasteiger partial charge on any atom is 0.279 e. The number of benzene rings is 2. The number of fused-ring (bicyclic) bond motifs is 1. The number of aryl methyl sites for hydroxylation is 1. The number of thiazole rings is 1. The zero-order chi connectivity index (χ0) is 17.1. The summed E-state index contributed by atoms with van der Waals surface area (Å²) in [6.45, 7) is 2.80. The summed E-state index contributed by atoms with van der Waals surface area (Å²) in [5.41, 5.74) is 1.31. The van der Waals surface area contributed by atoms with Gasteiger partial charge in [0.25, 0.3) is 5.91 Å². The summed E-state index contributed by atoms with van der Waals surface area (Å²) >= 11 is 1.44. The molecule has 0 unspecified atom stereocenters. The van der Waals surface area contributed by atoms with Gasteiger partial charge in [0.1, 0.15) is 17.1 Å². The first-order valence-electron chi connectivity index (χ1n) is 7.65. The molecule has 0 saturated heterocycles. The van der Waals surface area contributed by atoms with Gasteiger partial charge in [0.05, 0.1) is 11.8 Å². The minimum Gasteiger partial charge on any atom is -0.495 e. The van der Waals surface area contributed by atoms with Crippen molar-refractivity contribution in [2.45, 2.75) is 19.9 Å². The van der Waals surface area contributed by atoms with Crippen LogP contribution >= 0.6 is 11.3 Å². The van der Waals surface area contributed by atoms with Crippen molar-refractivity contribution >= 4 is 27.5 Å². The summed E-state index contributed by atoms with van der Waals surface area (Å²) in [5.74, 6) is -0.00236. The molecule has 24 heavy (non-hydrogen) atoms. The summed E-state index contributed by atoms with van der Waals surface area (Å²) in [6, 6.07) is 11.2. The Morgan fingerprint density at radius 1 is 1.25 bits per heavy atom. The van der Waals surface area contributed by atoms with Crippen molar-refractivity contribution in [3.8, 4) is 5.75 Å². The predicted molar refractivity (Wildman–Crippen MR) is 93.0 cm³/mol. The number of hydrogen-bond acceptors (Lipinski definition) is 3. The molecular weight excluding hydrogens is 327 g/mol. The highest BCUT2D eigenvalue weighted by atomic mass is 32.1. The molecular formula is C18H17FN2O2S. The predicted octanol–water partition coefficient (Wildman–Crippen LogP) is 4.00. The molecule has 0 atom stereocenters. The topological polar surface area (TPSA) is 43.6 Å². The molecule has 1 heterocycles. The number of para-hydroxylation sites is 1. The third-order valence-electron chi connectivity index (χ3n) is 3.62. The lowest BCUT2D eigenvalue weighted by Gasteiger charge is -2.07. The highest BCUT2D eigenvalue weighted by Gasteiger charge is 2.12. The monoisotopic (exact) mass is 344 g/mol. The van der Waals surface area contributed by atoms with Gasteiger partial charge in [-0.15, -0.1) is 0 Å². The Morgan fingerprint density at radius 3 is 2.67 bits per heavy atom. The second kappa shape index (κ2) is 6.97. The smallest absolute Gasteiger partial charge is 0.279 e. The minimum absolute atomic E-state index is 0.365. The third kappa shape index (κ3) is 3.10. The van der Waals surface area contributed by atoms with Crippen LogP contribution in [0.4, 0.5) is 4.39 Å². The van der Waals surface area contributed by atoms with Crippen molar-refractivity contribution < 1.29 is 13.9 Å². The van der Waals surface area contributed by atoms with Gasteiger partial charge in [-0.1, -0.05) is 24.3 Å². The second-order valence-electron chi connectivity index (χ2n) is 5.27. The number of halogens is 1. The van der Waals surface area contributed by atoms with E-state index in [-0.39, 0.29) is 11.7 Å². The van der Waals surface area contributed by atoms with Gasteiger partial charge in [-0.2, -0.15) is 4.99 Å².